The summed E-state index contributed by atoms with van der Waals surface area (Å²) in [5.41, 5.74) is 2.90. The topological polar surface area (TPSA) is 48.5 Å². The molecule has 1 aromatic heterocycles. The van der Waals surface area contributed by atoms with Crippen LogP contribution in [0.3, 0.4) is 0 Å². The van der Waals surface area contributed by atoms with Gasteiger partial charge in [0.1, 0.15) is 10.8 Å². The SMILES string of the molecule is O=C(NCc1ccc(F)cc1)N1CCN(Cc2nc(-c3ccc(Cl)cc3)cs2)CC1. The first-order chi connectivity index (χ1) is 14.6. The Labute approximate surface area is 184 Å². The maximum absolute atomic E-state index is 13.0. The second kappa shape index (κ2) is 9.55. The van der Waals surface area contributed by atoms with E-state index < -0.39 is 0 Å². The van der Waals surface area contributed by atoms with Gasteiger partial charge in [0.2, 0.25) is 0 Å². The number of rotatable bonds is 5. The van der Waals surface area contributed by atoms with Gasteiger partial charge in [-0.2, -0.15) is 0 Å². The van der Waals surface area contributed by atoms with Gasteiger partial charge in [0.15, 0.2) is 0 Å². The van der Waals surface area contributed by atoms with E-state index in [0.29, 0.717) is 24.7 Å². The molecule has 0 radical (unpaired) electrons. The van der Waals surface area contributed by atoms with Gasteiger partial charge in [-0.15, -0.1) is 11.3 Å². The molecule has 30 heavy (non-hydrogen) atoms. The lowest BCUT2D eigenvalue weighted by Gasteiger charge is -2.34. The number of benzene rings is 2. The van der Waals surface area contributed by atoms with Crippen molar-refractivity contribution >= 4 is 29.0 Å². The molecule has 3 aromatic rings. The Balaban J connectivity index is 1.24. The highest BCUT2D eigenvalue weighted by molar-refractivity contribution is 7.09. The molecule has 0 atom stereocenters. The van der Waals surface area contributed by atoms with Crippen molar-refractivity contribution in [2.45, 2.75) is 13.1 Å². The average Bonchev–Trinajstić information content (AvgIpc) is 3.22. The van der Waals surface area contributed by atoms with Crippen LogP contribution in [0, 0.1) is 5.82 Å². The van der Waals surface area contributed by atoms with Gasteiger partial charge in [-0.1, -0.05) is 35.9 Å². The number of hydrogen-bond donors (Lipinski definition) is 1. The van der Waals surface area contributed by atoms with Crippen LogP contribution in [-0.4, -0.2) is 47.0 Å². The van der Waals surface area contributed by atoms with E-state index >= 15 is 0 Å². The van der Waals surface area contributed by atoms with E-state index in [-0.39, 0.29) is 11.8 Å². The summed E-state index contributed by atoms with van der Waals surface area (Å²) in [7, 11) is 0. The number of aromatic nitrogens is 1. The number of carbonyl (C=O) groups is 1. The number of hydrogen-bond acceptors (Lipinski definition) is 4. The molecule has 1 aliphatic rings. The molecule has 1 fully saturated rings. The molecular weight excluding hydrogens is 423 g/mol. The van der Waals surface area contributed by atoms with Crippen molar-refractivity contribution in [2.75, 3.05) is 26.2 Å². The van der Waals surface area contributed by atoms with Gasteiger partial charge in [-0.05, 0) is 29.8 Å². The first kappa shape index (κ1) is 20.8. The predicted octanol–water partition coefficient (Wildman–Crippen LogP) is 4.63. The minimum absolute atomic E-state index is 0.0850. The highest BCUT2D eigenvalue weighted by Crippen LogP contribution is 2.24. The number of urea groups is 1. The number of nitrogens with one attached hydrogen (secondary N) is 1. The molecule has 156 valence electrons. The summed E-state index contributed by atoms with van der Waals surface area (Å²) in [6, 6.07) is 13.8. The number of amides is 2. The van der Waals surface area contributed by atoms with Crippen LogP contribution < -0.4 is 5.32 Å². The molecule has 0 unspecified atom stereocenters. The molecule has 2 aromatic carbocycles. The zero-order valence-corrected chi connectivity index (χ0v) is 17.9. The largest absolute Gasteiger partial charge is 0.334 e. The van der Waals surface area contributed by atoms with Crippen molar-refractivity contribution in [3.05, 3.63) is 75.3 Å². The third-order valence-electron chi connectivity index (χ3n) is 5.07. The molecule has 1 saturated heterocycles. The van der Waals surface area contributed by atoms with Gasteiger partial charge >= 0.3 is 6.03 Å². The standard InChI is InChI=1S/C22H22ClFN4OS/c23-18-5-3-17(4-6-18)20-15-30-21(26-20)14-27-9-11-28(12-10-27)22(29)25-13-16-1-7-19(24)8-2-16/h1-8,15H,9-14H2,(H,25,29). The minimum Gasteiger partial charge on any atom is -0.334 e. The van der Waals surface area contributed by atoms with Crippen LogP contribution in [0.2, 0.25) is 5.02 Å². The van der Waals surface area contributed by atoms with Crippen LogP contribution in [0.15, 0.2) is 53.9 Å². The lowest BCUT2D eigenvalue weighted by atomic mass is 10.2. The predicted molar refractivity (Wildman–Crippen MR) is 118 cm³/mol. The molecule has 5 nitrogen and oxygen atoms in total. The summed E-state index contributed by atoms with van der Waals surface area (Å²) >= 11 is 7.60. The average molecular weight is 445 g/mol. The lowest BCUT2D eigenvalue weighted by molar-refractivity contribution is 0.135. The van der Waals surface area contributed by atoms with Crippen molar-refractivity contribution in [1.82, 2.24) is 20.1 Å². The molecule has 1 N–H and O–H groups in total. The summed E-state index contributed by atoms with van der Waals surface area (Å²) in [4.78, 5) is 21.3. The first-order valence-corrected chi connectivity index (χ1v) is 11.0. The van der Waals surface area contributed by atoms with Crippen LogP contribution in [0.5, 0.6) is 0 Å². The highest BCUT2D eigenvalue weighted by atomic mass is 35.5. The highest BCUT2D eigenvalue weighted by Gasteiger charge is 2.21. The smallest absolute Gasteiger partial charge is 0.317 e. The van der Waals surface area contributed by atoms with Gasteiger partial charge in [-0.25, -0.2) is 14.2 Å². The molecule has 0 saturated carbocycles. The van der Waals surface area contributed by atoms with Gasteiger partial charge < -0.3 is 10.2 Å². The second-order valence-electron chi connectivity index (χ2n) is 7.18. The third-order valence-corrected chi connectivity index (χ3v) is 6.15. The van der Waals surface area contributed by atoms with Crippen molar-refractivity contribution in [1.29, 1.82) is 0 Å². The first-order valence-electron chi connectivity index (χ1n) is 9.77. The minimum atomic E-state index is -0.276. The summed E-state index contributed by atoms with van der Waals surface area (Å²) in [5.74, 6) is -0.276. The molecule has 8 heteroatoms. The fourth-order valence-electron chi connectivity index (χ4n) is 3.33. The van der Waals surface area contributed by atoms with Crippen LogP contribution >= 0.6 is 22.9 Å². The molecule has 0 spiro atoms. The van der Waals surface area contributed by atoms with Crippen molar-refractivity contribution in [3.63, 3.8) is 0 Å². The van der Waals surface area contributed by atoms with Crippen LogP contribution in [0.1, 0.15) is 10.6 Å². The lowest BCUT2D eigenvalue weighted by Crippen LogP contribution is -2.51. The number of carbonyl (C=O) groups excluding carboxylic acids is 1. The van der Waals surface area contributed by atoms with E-state index in [9.17, 15) is 9.18 Å². The summed E-state index contributed by atoms with van der Waals surface area (Å²) in [6.45, 7) is 4.13. The Bertz CT molecular complexity index is 985. The van der Waals surface area contributed by atoms with Gasteiger partial charge in [0, 0.05) is 48.7 Å². The Morgan fingerprint density at radius 2 is 1.77 bits per heavy atom. The monoisotopic (exact) mass is 444 g/mol. The van der Waals surface area contributed by atoms with E-state index in [0.717, 1.165) is 41.5 Å². The summed E-state index contributed by atoms with van der Waals surface area (Å²) < 4.78 is 13.0. The molecule has 2 amide bonds. The Morgan fingerprint density at radius 1 is 1.07 bits per heavy atom. The van der Waals surface area contributed by atoms with Crippen LogP contribution in [0.4, 0.5) is 9.18 Å². The fourth-order valence-corrected chi connectivity index (χ4v) is 4.30. The van der Waals surface area contributed by atoms with E-state index in [1.54, 1.807) is 23.5 Å². The maximum Gasteiger partial charge on any atom is 0.317 e. The molecular formula is C22H22ClFN4OS. The summed E-state index contributed by atoms with van der Waals surface area (Å²) in [6.07, 6.45) is 0. The Morgan fingerprint density at radius 3 is 2.47 bits per heavy atom. The van der Waals surface area contributed by atoms with E-state index in [1.165, 1.54) is 12.1 Å². The fraction of sp³-hybridized carbons (Fsp3) is 0.273. The van der Waals surface area contributed by atoms with Crippen molar-refractivity contribution in [3.8, 4) is 11.3 Å². The Hall–Kier alpha value is -2.48. The van der Waals surface area contributed by atoms with E-state index in [2.05, 4.69) is 15.6 Å². The quantitative estimate of drug-likeness (QED) is 0.624. The van der Waals surface area contributed by atoms with Crippen LogP contribution in [-0.2, 0) is 13.1 Å². The number of halogens is 2. The molecule has 4 rings (SSSR count). The molecule has 0 aliphatic carbocycles. The summed E-state index contributed by atoms with van der Waals surface area (Å²) in [5, 5.41) is 6.75. The van der Waals surface area contributed by atoms with Gasteiger partial charge in [0.05, 0.1) is 12.2 Å². The van der Waals surface area contributed by atoms with Crippen molar-refractivity contribution in [2.24, 2.45) is 0 Å². The second-order valence-corrected chi connectivity index (χ2v) is 8.56. The van der Waals surface area contributed by atoms with E-state index in [1.807, 2.05) is 29.2 Å². The van der Waals surface area contributed by atoms with Crippen LogP contribution in [0.25, 0.3) is 11.3 Å². The Kier molecular flexibility index (Phi) is 6.62. The van der Waals surface area contributed by atoms with Crippen molar-refractivity contribution < 1.29 is 9.18 Å². The third kappa shape index (κ3) is 5.36. The number of thiazole rings is 1. The van der Waals surface area contributed by atoms with Gasteiger partial charge in [-0.3, -0.25) is 4.90 Å². The molecule has 0 bridgehead atoms. The number of nitrogens with zero attached hydrogens (tertiary/aromatic N) is 3. The zero-order chi connectivity index (χ0) is 20.9. The van der Waals surface area contributed by atoms with Gasteiger partial charge in [0.25, 0.3) is 0 Å². The number of piperazine rings is 1. The maximum atomic E-state index is 13.0. The zero-order valence-electron chi connectivity index (χ0n) is 16.4. The molecule has 1 aliphatic heterocycles. The van der Waals surface area contributed by atoms with E-state index in [4.69, 9.17) is 16.6 Å². The normalized spacial score (nSPS) is 14.7. The molecule has 2 heterocycles.